The number of carbonyl (C=O) groups is 1. The second-order valence-electron chi connectivity index (χ2n) is 5.41. The van der Waals surface area contributed by atoms with E-state index < -0.39 is 0 Å². The molecule has 2 N–H and O–H groups in total. The van der Waals surface area contributed by atoms with Crippen molar-refractivity contribution in [2.45, 2.75) is 32.8 Å². The lowest BCUT2D eigenvalue weighted by Gasteiger charge is -2.31. The van der Waals surface area contributed by atoms with Gasteiger partial charge in [-0.3, -0.25) is 15.0 Å². The molecule has 0 aliphatic carbocycles. The zero-order valence-electron chi connectivity index (χ0n) is 12.8. The molecule has 3 heterocycles. The van der Waals surface area contributed by atoms with Crippen LogP contribution in [0, 0.1) is 6.92 Å². The molecule has 8 heteroatoms. The molecule has 0 saturated carbocycles. The predicted molar refractivity (Wildman–Crippen MR) is 78.3 cm³/mol. The van der Waals surface area contributed by atoms with E-state index in [2.05, 4.69) is 32.3 Å². The third-order valence-corrected chi connectivity index (χ3v) is 3.74. The molecule has 1 atom stereocenters. The summed E-state index contributed by atoms with van der Waals surface area (Å²) in [4.78, 5) is 18.7. The molecule has 0 aromatic carbocycles. The molecule has 0 spiro atoms. The highest BCUT2D eigenvalue weighted by Gasteiger charge is 2.29. The van der Waals surface area contributed by atoms with Crippen molar-refractivity contribution in [1.29, 1.82) is 0 Å². The fourth-order valence-corrected chi connectivity index (χ4v) is 2.53. The van der Waals surface area contributed by atoms with Crippen molar-refractivity contribution in [2.24, 2.45) is 0 Å². The molecule has 1 aliphatic rings. The van der Waals surface area contributed by atoms with Crippen molar-refractivity contribution in [2.75, 3.05) is 19.7 Å². The smallest absolute Gasteiger partial charge is 0.257 e. The number of aromatic nitrogens is 5. The fraction of sp³-hybridized carbons (Fsp3) is 0.571. The van der Waals surface area contributed by atoms with Crippen LogP contribution in [0.15, 0.2) is 6.20 Å². The van der Waals surface area contributed by atoms with Gasteiger partial charge < -0.3 is 9.64 Å². The van der Waals surface area contributed by atoms with Gasteiger partial charge in [-0.05, 0) is 13.3 Å². The first-order valence-corrected chi connectivity index (χ1v) is 7.51. The first-order valence-electron chi connectivity index (χ1n) is 7.51. The second kappa shape index (κ2) is 6.27. The highest BCUT2D eigenvalue weighted by atomic mass is 16.5. The summed E-state index contributed by atoms with van der Waals surface area (Å²) in [6.07, 6.45) is 3.14. The Bertz CT molecular complexity index is 649. The predicted octanol–water partition coefficient (Wildman–Crippen LogP) is 1.00. The van der Waals surface area contributed by atoms with E-state index >= 15 is 0 Å². The number of H-pyrrole nitrogens is 2. The molecule has 1 aliphatic heterocycles. The summed E-state index contributed by atoms with van der Waals surface area (Å²) >= 11 is 0. The maximum Gasteiger partial charge on any atom is 0.257 e. The van der Waals surface area contributed by atoms with Crippen LogP contribution in [0.2, 0.25) is 0 Å². The van der Waals surface area contributed by atoms with Crippen LogP contribution in [-0.4, -0.2) is 55.9 Å². The van der Waals surface area contributed by atoms with Crippen LogP contribution < -0.4 is 0 Å². The number of aryl methyl sites for hydroxylation is 2. The molecule has 118 valence electrons. The molecule has 1 unspecified atom stereocenters. The van der Waals surface area contributed by atoms with Gasteiger partial charge in [0.2, 0.25) is 0 Å². The van der Waals surface area contributed by atoms with Gasteiger partial charge >= 0.3 is 0 Å². The molecule has 8 nitrogen and oxygen atoms in total. The summed E-state index contributed by atoms with van der Waals surface area (Å²) < 4.78 is 5.72. The maximum atomic E-state index is 12.5. The standard InChI is InChI=1S/C14H20N6O2/c1-3-4-12-16-13(19-18-12)11-8-20(5-6-22-11)14(21)10-7-15-17-9(10)2/h7,11H,3-6,8H2,1-2H3,(H,15,17)(H,16,18,19). The minimum absolute atomic E-state index is 0.0381. The summed E-state index contributed by atoms with van der Waals surface area (Å²) in [7, 11) is 0. The van der Waals surface area contributed by atoms with Gasteiger partial charge in [-0.25, -0.2) is 4.98 Å². The van der Waals surface area contributed by atoms with Gasteiger partial charge in [-0.15, -0.1) is 0 Å². The van der Waals surface area contributed by atoms with Crippen LogP contribution >= 0.6 is 0 Å². The first-order chi connectivity index (χ1) is 10.7. The molecule has 0 radical (unpaired) electrons. The number of morpholine rings is 1. The molecule has 2 aromatic rings. The number of hydrogen-bond acceptors (Lipinski definition) is 5. The van der Waals surface area contributed by atoms with Gasteiger partial charge in [-0.2, -0.15) is 10.2 Å². The van der Waals surface area contributed by atoms with E-state index in [-0.39, 0.29) is 12.0 Å². The summed E-state index contributed by atoms with van der Waals surface area (Å²) in [6, 6.07) is 0. The molecular weight excluding hydrogens is 284 g/mol. The molecule has 0 bridgehead atoms. The highest BCUT2D eigenvalue weighted by Crippen LogP contribution is 2.21. The van der Waals surface area contributed by atoms with Gasteiger partial charge in [0.15, 0.2) is 5.82 Å². The number of rotatable bonds is 4. The van der Waals surface area contributed by atoms with Crippen molar-refractivity contribution >= 4 is 5.91 Å². The summed E-state index contributed by atoms with van der Waals surface area (Å²) in [5.41, 5.74) is 1.37. The van der Waals surface area contributed by atoms with Crippen LogP contribution in [0.4, 0.5) is 0 Å². The maximum absolute atomic E-state index is 12.5. The SMILES string of the molecule is CCCc1nc(C2CN(C(=O)c3cn[nH]c3C)CCO2)n[nH]1. The van der Waals surface area contributed by atoms with E-state index in [1.54, 1.807) is 11.1 Å². The molecule has 2 aromatic heterocycles. The van der Waals surface area contributed by atoms with E-state index in [0.717, 1.165) is 24.4 Å². The molecule has 1 fully saturated rings. The van der Waals surface area contributed by atoms with E-state index in [4.69, 9.17) is 4.74 Å². The Morgan fingerprint density at radius 1 is 1.50 bits per heavy atom. The van der Waals surface area contributed by atoms with Gasteiger partial charge in [0, 0.05) is 18.7 Å². The highest BCUT2D eigenvalue weighted by molar-refractivity contribution is 5.95. The van der Waals surface area contributed by atoms with Gasteiger partial charge in [0.1, 0.15) is 11.9 Å². The monoisotopic (exact) mass is 304 g/mol. The van der Waals surface area contributed by atoms with Crippen molar-refractivity contribution in [1.82, 2.24) is 30.3 Å². The topological polar surface area (TPSA) is 99.8 Å². The van der Waals surface area contributed by atoms with Crippen LogP contribution in [0.5, 0.6) is 0 Å². The summed E-state index contributed by atoms with van der Waals surface area (Å²) in [6.45, 7) is 5.42. The summed E-state index contributed by atoms with van der Waals surface area (Å²) in [5, 5.41) is 13.8. The minimum atomic E-state index is -0.285. The Kier molecular flexibility index (Phi) is 4.19. The van der Waals surface area contributed by atoms with Crippen LogP contribution in [0.25, 0.3) is 0 Å². The average Bonchev–Trinajstić information content (AvgIpc) is 3.16. The largest absolute Gasteiger partial charge is 0.366 e. The second-order valence-corrected chi connectivity index (χ2v) is 5.41. The molecule has 22 heavy (non-hydrogen) atoms. The third-order valence-electron chi connectivity index (χ3n) is 3.74. The van der Waals surface area contributed by atoms with Gasteiger partial charge in [0.05, 0.1) is 24.9 Å². The average molecular weight is 304 g/mol. The van der Waals surface area contributed by atoms with Crippen LogP contribution in [-0.2, 0) is 11.2 Å². The van der Waals surface area contributed by atoms with Gasteiger partial charge in [0.25, 0.3) is 5.91 Å². The van der Waals surface area contributed by atoms with Crippen molar-refractivity contribution in [3.05, 3.63) is 29.1 Å². The van der Waals surface area contributed by atoms with E-state index in [0.29, 0.717) is 31.1 Å². The molecule has 1 saturated heterocycles. The van der Waals surface area contributed by atoms with Gasteiger partial charge in [-0.1, -0.05) is 6.92 Å². The number of hydrogen-bond donors (Lipinski definition) is 2. The number of nitrogens with zero attached hydrogens (tertiary/aromatic N) is 4. The Hall–Kier alpha value is -2.22. The molecular formula is C14H20N6O2. The first kappa shape index (κ1) is 14.7. The lowest BCUT2D eigenvalue weighted by atomic mass is 10.2. The summed E-state index contributed by atoms with van der Waals surface area (Å²) in [5.74, 6) is 1.43. The number of nitrogens with one attached hydrogen (secondary N) is 2. The van der Waals surface area contributed by atoms with E-state index in [9.17, 15) is 4.79 Å². The zero-order valence-corrected chi connectivity index (χ0v) is 12.8. The lowest BCUT2D eigenvalue weighted by Crippen LogP contribution is -2.42. The third kappa shape index (κ3) is 2.87. The Morgan fingerprint density at radius 2 is 2.36 bits per heavy atom. The minimum Gasteiger partial charge on any atom is -0.366 e. The number of carbonyl (C=O) groups excluding carboxylic acids is 1. The Balaban J connectivity index is 1.71. The van der Waals surface area contributed by atoms with Crippen LogP contribution in [0.1, 0.15) is 47.1 Å². The number of amides is 1. The zero-order chi connectivity index (χ0) is 15.5. The van der Waals surface area contributed by atoms with Crippen molar-refractivity contribution < 1.29 is 9.53 Å². The Morgan fingerprint density at radius 3 is 3.09 bits per heavy atom. The quantitative estimate of drug-likeness (QED) is 0.878. The Labute approximate surface area is 128 Å². The van der Waals surface area contributed by atoms with Crippen molar-refractivity contribution in [3.8, 4) is 0 Å². The van der Waals surface area contributed by atoms with Crippen LogP contribution in [0.3, 0.4) is 0 Å². The number of ether oxygens (including phenoxy) is 1. The van der Waals surface area contributed by atoms with E-state index in [1.807, 2.05) is 6.92 Å². The molecule has 3 rings (SSSR count). The van der Waals surface area contributed by atoms with E-state index in [1.165, 1.54) is 0 Å². The van der Waals surface area contributed by atoms with Crippen molar-refractivity contribution in [3.63, 3.8) is 0 Å². The normalized spacial score (nSPS) is 18.6. The fourth-order valence-electron chi connectivity index (χ4n) is 2.53. The molecule has 1 amide bonds. The lowest BCUT2D eigenvalue weighted by molar-refractivity contribution is -0.0267. The number of aromatic amines is 2.